The minimum Gasteiger partial charge on any atom is -0.482 e. The molecule has 21 heavy (non-hydrogen) atoms. The highest BCUT2D eigenvalue weighted by molar-refractivity contribution is 5.48. The molecule has 0 amide bonds. The molecular weight excluding hydrogens is 270 g/mol. The SMILES string of the molecule is N#Cc1cccc(COc2ccc(CN)cc2[N+](=O)[O-])c1. The van der Waals surface area contributed by atoms with Gasteiger partial charge in [0.1, 0.15) is 6.61 Å². The average molecular weight is 283 g/mol. The van der Waals surface area contributed by atoms with Gasteiger partial charge in [-0.05, 0) is 29.3 Å². The van der Waals surface area contributed by atoms with Crippen molar-refractivity contribution < 1.29 is 9.66 Å². The van der Waals surface area contributed by atoms with Crippen molar-refractivity contribution in [2.24, 2.45) is 5.73 Å². The van der Waals surface area contributed by atoms with Gasteiger partial charge in [0.2, 0.25) is 0 Å². The zero-order valence-electron chi connectivity index (χ0n) is 11.2. The molecule has 6 nitrogen and oxygen atoms in total. The summed E-state index contributed by atoms with van der Waals surface area (Å²) in [6, 6.07) is 13.6. The van der Waals surface area contributed by atoms with Crippen molar-refractivity contribution in [3.8, 4) is 11.8 Å². The van der Waals surface area contributed by atoms with Gasteiger partial charge >= 0.3 is 5.69 Å². The van der Waals surface area contributed by atoms with Gasteiger partial charge in [0.25, 0.3) is 0 Å². The summed E-state index contributed by atoms with van der Waals surface area (Å²) in [5.74, 6) is 0.180. The second kappa shape index (κ2) is 6.50. The molecule has 0 aromatic heterocycles. The first-order chi connectivity index (χ1) is 10.1. The first-order valence-electron chi connectivity index (χ1n) is 6.23. The molecule has 0 aliphatic carbocycles. The van der Waals surface area contributed by atoms with Gasteiger partial charge in [0.05, 0.1) is 16.6 Å². The van der Waals surface area contributed by atoms with E-state index in [9.17, 15) is 10.1 Å². The predicted octanol–water partition coefficient (Wildman–Crippen LogP) is 2.50. The van der Waals surface area contributed by atoms with Crippen molar-refractivity contribution in [3.63, 3.8) is 0 Å². The number of nitro benzene ring substituents is 1. The topological polar surface area (TPSA) is 102 Å². The van der Waals surface area contributed by atoms with Crippen LogP contribution in [-0.2, 0) is 13.2 Å². The highest BCUT2D eigenvalue weighted by Gasteiger charge is 2.15. The molecule has 2 aromatic carbocycles. The van der Waals surface area contributed by atoms with Crippen molar-refractivity contribution in [2.45, 2.75) is 13.2 Å². The Hall–Kier alpha value is -2.91. The number of nitrogens with two attached hydrogens (primary N) is 1. The molecule has 0 aliphatic heterocycles. The Morgan fingerprint density at radius 1 is 1.24 bits per heavy atom. The third-order valence-electron chi connectivity index (χ3n) is 2.91. The van der Waals surface area contributed by atoms with E-state index in [0.717, 1.165) is 5.56 Å². The van der Waals surface area contributed by atoms with Crippen LogP contribution in [0.5, 0.6) is 5.75 Å². The Balaban J connectivity index is 2.19. The first-order valence-corrected chi connectivity index (χ1v) is 6.23. The zero-order valence-corrected chi connectivity index (χ0v) is 11.2. The molecule has 0 bridgehead atoms. The largest absolute Gasteiger partial charge is 0.482 e. The van der Waals surface area contributed by atoms with E-state index in [4.69, 9.17) is 15.7 Å². The Morgan fingerprint density at radius 3 is 2.71 bits per heavy atom. The molecule has 0 radical (unpaired) electrons. The molecule has 0 fully saturated rings. The molecule has 2 rings (SSSR count). The predicted molar refractivity (Wildman–Crippen MR) is 76.5 cm³/mol. The summed E-state index contributed by atoms with van der Waals surface area (Å²) in [5, 5.41) is 19.9. The molecular formula is C15H13N3O3. The quantitative estimate of drug-likeness (QED) is 0.670. The molecule has 0 saturated carbocycles. The Bertz CT molecular complexity index is 708. The van der Waals surface area contributed by atoms with Crippen LogP contribution in [-0.4, -0.2) is 4.92 Å². The molecule has 0 unspecified atom stereocenters. The van der Waals surface area contributed by atoms with E-state index in [1.54, 1.807) is 30.3 Å². The Kier molecular flexibility index (Phi) is 4.49. The van der Waals surface area contributed by atoms with Crippen molar-refractivity contribution >= 4 is 5.69 Å². The fraction of sp³-hybridized carbons (Fsp3) is 0.133. The number of rotatable bonds is 5. The maximum absolute atomic E-state index is 11.0. The number of ether oxygens (including phenoxy) is 1. The maximum Gasteiger partial charge on any atom is 0.311 e. The summed E-state index contributed by atoms with van der Waals surface area (Å²) in [6.07, 6.45) is 0. The van der Waals surface area contributed by atoms with Gasteiger partial charge in [-0.15, -0.1) is 0 Å². The summed E-state index contributed by atoms with van der Waals surface area (Å²) in [4.78, 5) is 10.5. The Labute approximate surface area is 121 Å². The highest BCUT2D eigenvalue weighted by Crippen LogP contribution is 2.28. The van der Waals surface area contributed by atoms with Crippen LogP contribution < -0.4 is 10.5 Å². The van der Waals surface area contributed by atoms with E-state index in [1.807, 2.05) is 6.07 Å². The first kappa shape index (κ1) is 14.5. The summed E-state index contributed by atoms with van der Waals surface area (Å²) in [5.41, 5.74) is 7.31. The van der Waals surface area contributed by atoms with Crippen molar-refractivity contribution in [1.82, 2.24) is 0 Å². The van der Waals surface area contributed by atoms with E-state index in [1.165, 1.54) is 12.1 Å². The van der Waals surface area contributed by atoms with E-state index in [-0.39, 0.29) is 24.6 Å². The van der Waals surface area contributed by atoms with Crippen LogP contribution in [0.2, 0.25) is 0 Å². The van der Waals surface area contributed by atoms with Crippen LogP contribution in [0, 0.1) is 21.4 Å². The minimum absolute atomic E-state index is 0.116. The molecule has 0 atom stereocenters. The number of hydrogen-bond acceptors (Lipinski definition) is 5. The standard InChI is InChI=1S/C15H13N3O3/c16-8-11-2-1-3-13(6-11)10-21-15-5-4-12(9-17)7-14(15)18(19)20/h1-7H,9-10,17H2. The lowest BCUT2D eigenvalue weighted by Crippen LogP contribution is -2.02. The molecule has 2 aromatic rings. The van der Waals surface area contributed by atoms with Gasteiger partial charge in [-0.2, -0.15) is 5.26 Å². The molecule has 6 heteroatoms. The van der Waals surface area contributed by atoms with Crippen LogP contribution in [0.15, 0.2) is 42.5 Å². The van der Waals surface area contributed by atoms with E-state index in [0.29, 0.717) is 11.1 Å². The van der Waals surface area contributed by atoms with Crippen LogP contribution in [0.3, 0.4) is 0 Å². The van der Waals surface area contributed by atoms with Gasteiger partial charge in [-0.3, -0.25) is 10.1 Å². The van der Waals surface area contributed by atoms with E-state index in [2.05, 4.69) is 0 Å². The average Bonchev–Trinajstić information content (AvgIpc) is 2.52. The highest BCUT2D eigenvalue weighted by atomic mass is 16.6. The molecule has 0 heterocycles. The fourth-order valence-electron chi connectivity index (χ4n) is 1.85. The number of nitrogens with zero attached hydrogens (tertiary/aromatic N) is 2. The van der Waals surface area contributed by atoms with Gasteiger partial charge in [-0.1, -0.05) is 18.2 Å². The normalized spacial score (nSPS) is 9.90. The number of hydrogen-bond donors (Lipinski definition) is 1. The second-order valence-corrected chi connectivity index (χ2v) is 4.36. The van der Waals surface area contributed by atoms with Gasteiger partial charge in [0.15, 0.2) is 5.75 Å². The van der Waals surface area contributed by atoms with Gasteiger partial charge < -0.3 is 10.5 Å². The van der Waals surface area contributed by atoms with Crippen molar-refractivity contribution in [2.75, 3.05) is 0 Å². The van der Waals surface area contributed by atoms with Crippen molar-refractivity contribution in [3.05, 3.63) is 69.3 Å². The maximum atomic E-state index is 11.0. The molecule has 0 saturated heterocycles. The third kappa shape index (κ3) is 3.55. The fourth-order valence-corrected chi connectivity index (χ4v) is 1.85. The summed E-state index contributed by atoms with van der Waals surface area (Å²) in [7, 11) is 0. The smallest absolute Gasteiger partial charge is 0.311 e. The third-order valence-corrected chi connectivity index (χ3v) is 2.91. The molecule has 2 N–H and O–H groups in total. The van der Waals surface area contributed by atoms with E-state index >= 15 is 0 Å². The molecule has 0 spiro atoms. The lowest BCUT2D eigenvalue weighted by molar-refractivity contribution is -0.386. The van der Waals surface area contributed by atoms with Crippen LogP contribution >= 0.6 is 0 Å². The summed E-state index contributed by atoms with van der Waals surface area (Å²) in [6.45, 7) is 0.379. The summed E-state index contributed by atoms with van der Waals surface area (Å²) < 4.78 is 5.49. The van der Waals surface area contributed by atoms with Gasteiger partial charge in [-0.25, -0.2) is 0 Å². The minimum atomic E-state index is -0.500. The van der Waals surface area contributed by atoms with E-state index < -0.39 is 4.92 Å². The summed E-state index contributed by atoms with van der Waals surface area (Å²) >= 11 is 0. The number of nitro groups is 1. The zero-order chi connectivity index (χ0) is 15.2. The van der Waals surface area contributed by atoms with Crippen LogP contribution in [0.1, 0.15) is 16.7 Å². The lowest BCUT2D eigenvalue weighted by atomic mass is 10.1. The molecule has 106 valence electrons. The van der Waals surface area contributed by atoms with Crippen LogP contribution in [0.25, 0.3) is 0 Å². The monoisotopic (exact) mass is 283 g/mol. The molecule has 0 aliphatic rings. The lowest BCUT2D eigenvalue weighted by Gasteiger charge is -2.08. The van der Waals surface area contributed by atoms with Crippen molar-refractivity contribution in [1.29, 1.82) is 5.26 Å². The van der Waals surface area contributed by atoms with Crippen LogP contribution in [0.4, 0.5) is 5.69 Å². The number of nitriles is 1. The van der Waals surface area contributed by atoms with Gasteiger partial charge in [0, 0.05) is 12.6 Å². The number of benzene rings is 2. The Morgan fingerprint density at radius 2 is 2.05 bits per heavy atom. The second-order valence-electron chi connectivity index (χ2n) is 4.36.